The van der Waals surface area contributed by atoms with Gasteiger partial charge in [-0.15, -0.1) is 0 Å². The van der Waals surface area contributed by atoms with Crippen LogP contribution >= 0.6 is 15.9 Å². The highest BCUT2D eigenvalue weighted by molar-refractivity contribution is 9.10. The van der Waals surface area contributed by atoms with Crippen LogP contribution in [0.1, 0.15) is 12.5 Å². The third-order valence-corrected chi connectivity index (χ3v) is 3.70. The summed E-state index contributed by atoms with van der Waals surface area (Å²) in [7, 11) is -2.91. The minimum Gasteiger partial charge on any atom is -0.309 e. The molecule has 0 aliphatic heterocycles. The summed E-state index contributed by atoms with van der Waals surface area (Å²) in [6.07, 6.45) is 1.25. The molecular formula is C11H16BrNO2S. The molecule has 1 atom stereocenters. The highest BCUT2D eigenvalue weighted by Gasteiger charge is 2.09. The van der Waals surface area contributed by atoms with E-state index in [-0.39, 0.29) is 11.8 Å². The summed E-state index contributed by atoms with van der Waals surface area (Å²) < 4.78 is 23.1. The lowest BCUT2D eigenvalue weighted by Gasteiger charge is -2.12. The van der Waals surface area contributed by atoms with E-state index in [1.165, 1.54) is 6.26 Å². The molecule has 0 amide bonds. The Morgan fingerprint density at radius 1 is 1.44 bits per heavy atom. The van der Waals surface area contributed by atoms with Crippen molar-refractivity contribution in [3.63, 3.8) is 0 Å². The molecule has 0 heterocycles. The third-order valence-electron chi connectivity index (χ3n) is 2.10. The molecule has 0 radical (unpaired) electrons. The average molecular weight is 306 g/mol. The molecule has 0 aliphatic rings. The molecule has 0 saturated carbocycles. The Bertz CT molecular complexity index is 445. The standard InChI is InChI=1S/C11H16BrNO2S/c1-9(8-16(2,14)15)13-7-10-4-3-5-11(12)6-10/h3-6,9,13H,7-8H2,1-2H3. The Morgan fingerprint density at radius 2 is 2.12 bits per heavy atom. The summed E-state index contributed by atoms with van der Waals surface area (Å²) in [6.45, 7) is 2.55. The number of benzene rings is 1. The summed E-state index contributed by atoms with van der Waals surface area (Å²) in [4.78, 5) is 0. The number of hydrogen-bond acceptors (Lipinski definition) is 3. The first-order valence-electron chi connectivity index (χ1n) is 5.02. The van der Waals surface area contributed by atoms with Crippen molar-refractivity contribution in [2.24, 2.45) is 0 Å². The maximum absolute atomic E-state index is 11.1. The van der Waals surface area contributed by atoms with Gasteiger partial charge in [-0.05, 0) is 24.6 Å². The van der Waals surface area contributed by atoms with Gasteiger partial charge in [-0.1, -0.05) is 28.1 Å². The lowest BCUT2D eigenvalue weighted by atomic mass is 10.2. The van der Waals surface area contributed by atoms with E-state index in [4.69, 9.17) is 0 Å². The normalized spacial score (nSPS) is 13.7. The molecule has 0 saturated heterocycles. The minimum atomic E-state index is -2.91. The maximum atomic E-state index is 11.1. The summed E-state index contributed by atoms with van der Waals surface area (Å²) in [5.41, 5.74) is 1.13. The van der Waals surface area contributed by atoms with Gasteiger partial charge >= 0.3 is 0 Å². The second-order valence-electron chi connectivity index (χ2n) is 4.00. The van der Waals surface area contributed by atoms with E-state index in [0.717, 1.165) is 10.0 Å². The molecule has 16 heavy (non-hydrogen) atoms. The van der Waals surface area contributed by atoms with Crippen LogP contribution in [0.25, 0.3) is 0 Å². The van der Waals surface area contributed by atoms with Crippen LogP contribution in [0.15, 0.2) is 28.7 Å². The van der Waals surface area contributed by atoms with E-state index >= 15 is 0 Å². The van der Waals surface area contributed by atoms with E-state index in [2.05, 4.69) is 21.2 Å². The lowest BCUT2D eigenvalue weighted by Crippen LogP contribution is -2.32. The highest BCUT2D eigenvalue weighted by atomic mass is 79.9. The Morgan fingerprint density at radius 3 is 2.69 bits per heavy atom. The molecule has 1 rings (SSSR count). The van der Waals surface area contributed by atoms with Crippen molar-refractivity contribution in [1.82, 2.24) is 5.32 Å². The summed E-state index contributed by atoms with van der Waals surface area (Å²) in [6, 6.07) is 7.91. The Kier molecular flexibility index (Phi) is 4.95. The van der Waals surface area contributed by atoms with Crippen LogP contribution in [0.2, 0.25) is 0 Å². The molecule has 90 valence electrons. The van der Waals surface area contributed by atoms with Crippen molar-refractivity contribution in [3.8, 4) is 0 Å². The first kappa shape index (κ1) is 13.7. The van der Waals surface area contributed by atoms with Gasteiger partial charge in [0.1, 0.15) is 9.84 Å². The average Bonchev–Trinajstić information content (AvgIpc) is 2.12. The summed E-state index contributed by atoms with van der Waals surface area (Å²) >= 11 is 3.39. The van der Waals surface area contributed by atoms with Crippen LogP contribution in [0.5, 0.6) is 0 Å². The quantitative estimate of drug-likeness (QED) is 0.905. The Balaban J connectivity index is 2.46. The van der Waals surface area contributed by atoms with Gasteiger partial charge in [-0.25, -0.2) is 8.42 Å². The van der Waals surface area contributed by atoms with E-state index in [0.29, 0.717) is 6.54 Å². The van der Waals surface area contributed by atoms with Gasteiger partial charge in [-0.2, -0.15) is 0 Å². The third kappa shape index (κ3) is 5.63. The first-order valence-corrected chi connectivity index (χ1v) is 7.88. The SMILES string of the molecule is CC(CS(C)(=O)=O)NCc1cccc(Br)c1. The molecular weight excluding hydrogens is 290 g/mol. The molecule has 0 aliphatic carbocycles. The smallest absolute Gasteiger partial charge is 0.148 e. The van der Waals surface area contributed by atoms with Crippen LogP contribution in [0, 0.1) is 0 Å². The number of halogens is 1. The zero-order valence-corrected chi connectivity index (χ0v) is 11.8. The molecule has 0 spiro atoms. The van der Waals surface area contributed by atoms with E-state index in [9.17, 15) is 8.42 Å². The maximum Gasteiger partial charge on any atom is 0.148 e. The van der Waals surface area contributed by atoms with Crippen LogP contribution in [-0.2, 0) is 16.4 Å². The van der Waals surface area contributed by atoms with Crippen LogP contribution in [-0.4, -0.2) is 26.5 Å². The molecule has 1 N–H and O–H groups in total. The fourth-order valence-electron chi connectivity index (χ4n) is 1.45. The predicted octanol–water partition coefficient (Wildman–Crippen LogP) is 1.97. The van der Waals surface area contributed by atoms with Crippen molar-refractivity contribution >= 4 is 25.8 Å². The highest BCUT2D eigenvalue weighted by Crippen LogP contribution is 2.11. The van der Waals surface area contributed by atoms with Crippen LogP contribution < -0.4 is 5.32 Å². The minimum absolute atomic E-state index is 0.0334. The molecule has 0 fully saturated rings. The van der Waals surface area contributed by atoms with Crippen LogP contribution in [0.3, 0.4) is 0 Å². The van der Waals surface area contributed by atoms with Crippen molar-refractivity contribution in [2.45, 2.75) is 19.5 Å². The summed E-state index contributed by atoms with van der Waals surface area (Å²) in [5, 5.41) is 3.18. The van der Waals surface area contributed by atoms with Gasteiger partial charge in [-0.3, -0.25) is 0 Å². The fraction of sp³-hybridized carbons (Fsp3) is 0.455. The summed E-state index contributed by atoms with van der Waals surface area (Å²) in [5.74, 6) is 0.168. The first-order chi connectivity index (χ1) is 7.37. The van der Waals surface area contributed by atoms with Gasteiger partial charge in [0.2, 0.25) is 0 Å². The number of rotatable bonds is 5. The monoisotopic (exact) mass is 305 g/mol. The van der Waals surface area contributed by atoms with Gasteiger partial charge in [0.25, 0.3) is 0 Å². The number of hydrogen-bond donors (Lipinski definition) is 1. The molecule has 0 aromatic heterocycles. The van der Waals surface area contributed by atoms with Crippen molar-refractivity contribution < 1.29 is 8.42 Å². The zero-order valence-electron chi connectivity index (χ0n) is 9.40. The molecule has 1 aromatic rings. The van der Waals surface area contributed by atoms with Crippen molar-refractivity contribution in [1.29, 1.82) is 0 Å². The van der Waals surface area contributed by atoms with Gasteiger partial charge in [0.05, 0.1) is 5.75 Å². The fourth-order valence-corrected chi connectivity index (χ4v) is 2.92. The van der Waals surface area contributed by atoms with E-state index in [1.54, 1.807) is 0 Å². The Hall–Kier alpha value is -0.390. The second kappa shape index (κ2) is 5.80. The second-order valence-corrected chi connectivity index (χ2v) is 7.10. The Labute approximate surface area is 105 Å². The largest absolute Gasteiger partial charge is 0.309 e. The van der Waals surface area contributed by atoms with Crippen LogP contribution in [0.4, 0.5) is 0 Å². The predicted molar refractivity (Wildman–Crippen MR) is 70.2 cm³/mol. The van der Waals surface area contributed by atoms with Gasteiger partial charge in [0, 0.05) is 23.3 Å². The number of sulfone groups is 1. The topological polar surface area (TPSA) is 46.2 Å². The van der Waals surface area contributed by atoms with Gasteiger partial charge in [0.15, 0.2) is 0 Å². The molecule has 1 unspecified atom stereocenters. The lowest BCUT2D eigenvalue weighted by molar-refractivity contribution is 0.560. The molecule has 5 heteroatoms. The van der Waals surface area contributed by atoms with E-state index in [1.807, 2.05) is 31.2 Å². The van der Waals surface area contributed by atoms with E-state index < -0.39 is 9.84 Å². The molecule has 1 aromatic carbocycles. The zero-order chi connectivity index (χ0) is 12.2. The van der Waals surface area contributed by atoms with Crippen molar-refractivity contribution in [3.05, 3.63) is 34.3 Å². The molecule has 3 nitrogen and oxygen atoms in total. The van der Waals surface area contributed by atoms with Crippen molar-refractivity contribution in [2.75, 3.05) is 12.0 Å². The molecule has 0 bridgehead atoms. The van der Waals surface area contributed by atoms with Gasteiger partial charge < -0.3 is 5.32 Å². The number of nitrogens with one attached hydrogen (secondary N) is 1.